The molecule has 0 atom stereocenters. The van der Waals surface area contributed by atoms with E-state index in [0.29, 0.717) is 0 Å². The lowest BCUT2D eigenvalue weighted by atomic mass is 9.97. The van der Waals surface area contributed by atoms with Crippen molar-refractivity contribution in [2.75, 3.05) is 13.6 Å². The number of likely N-dealkylation sites (N-methyl/N-ethyl adjacent to an activating group) is 1. The topological polar surface area (TPSA) is 12.0 Å². The van der Waals surface area contributed by atoms with Gasteiger partial charge in [0.2, 0.25) is 0 Å². The molecule has 0 heterocycles. The number of nitrogens with one attached hydrogen (secondary N) is 1. The molecule has 0 aliphatic heterocycles. The van der Waals surface area contributed by atoms with Crippen LogP contribution in [0.4, 0.5) is 0 Å². The number of allylic oxidation sites excluding steroid dienone is 1. The Morgan fingerprint density at radius 2 is 1.81 bits per heavy atom. The van der Waals surface area contributed by atoms with Gasteiger partial charge in [-0.25, -0.2) is 0 Å². The van der Waals surface area contributed by atoms with Gasteiger partial charge in [0.15, 0.2) is 0 Å². The molecule has 1 aliphatic carbocycles. The first-order valence-corrected chi connectivity index (χ1v) is 6.69. The van der Waals surface area contributed by atoms with Crippen molar-refractivity contribution in [1.82, 2.24) is 5.32 Å². The van der Waals surface area contributed by atoms with Crippen LogP contribution in [-0.4, -0.2) is 13.6 Å². The molecular formula is C15H31N. The Kier molecular flexibility index (Phi) is 16.1. The van der Waals surface area contributed by atoms with E-state index in [1.54, 1.807) is 0 Å². The fourth-order valence-corrected chi connectivity index (χ4v) is 1.77. The van der Waals surface area contributed by atoms with Crippen LogP contribution in [-0.2, 0) is 0 Å². The molecule has 1 rings (SSSR count). The summed E-state index contributed by atoms with van der Waals surface area (Å²) in [4.78, 5) is 0. The lowest BCUT2D eigenvalue weighted by Gasteiger charge is -2.08. The molecule has 16 heavy (non-hydrogen) atoms. The Balaban J connectivity index is 0. The Morgan fingerprint density at radius 1 is 1.31 bits per heavy atom. The van der Waals surface area contributed by atoms with E-state index >= 15 is 0 Å². The molecule has 1 saturated carbocycles. The van der Waals surface area contributed by atoms with Crippen LogP contribution < -0.4 is 5.32 Å². The SMILES string of the molecule is C=C(CC)C1CCCC1.C=CCNC.CC. The maximum atomic E-state index is 4.06. The molecule has 0 saturated heterocycles. The Morgan fingerprint density at radius 3 is 2.06 bits per heavy atom. The van der Waals surface area contributed by atoms with Crippen LogP contribution in [0.2, 0.25) is 0 Å². The quantitative estimate of drug-likeness (QED) is 0.692. The van der Waals surface area contributed by atoms with Crippen molar-refractivity contribution in [3.8, 4) is 0 Å². The van der Waals surface area contributed by atoms with E-state index in [4.69, 9.17) is 0 Å². The Bertz CT molecular complexity index is 155. The lowest BCUT2D eigenvalue weighted by Crippen LogP contribution is -2.02. The molecule has 1 fully saturated rings. The summed E-state index contributed by atoms with van der Waals surface area (Å²) in [6, 6.07) is 0. The van der Waals surface area contributed by atoms with Crippen LogP contribution in [0, 0.1) is 5.92 Å². The van der Waals surface area contributed by atoms with Crippen LogP contribution in [0.3, 0.4) is 0 Å². The van der Waals surface area contributed by atoms with Gasteiger partial charge < -0.3 is 5.32 Å². The maximum absolute atomic E-state index is 4.06. The third-order valence-corrected chi connectivity index (χ3v) is 2.74. The van der Waals surface area contributed by atoms with E-state index in [1.165, 1.54) is 37.7 Å². The van der Waals surface area contributed by atoms with E-state index in [1.807, 2.05) is 27.0 Å². The van der Waals surface area contributed by atoms with Gasteiger partial charge in [-0.2, -0.15) is 0 Å². The average molecular weight is 225 g/mol. The van der Waals surface area contributed by atoms with Crippen LogP contribution in [0.15, 0.2) is 24.8 Å². The van der Waals surface area contributed by atoms with E-state index in [9.17, 15) is 0 Å². The van der Waals surface area contributed by atoms with Crippen LogP contribution in [0.5, 0.6) is 0 Å². The van der Waals surface area contributed by atoms with Crippen LogP contribution >= 0.6 is 0 Å². The highest BCUT2D eigenvalue weighted by atomic mass is 14.8. The summed E-state index contributed by atoms with van der Waals surface area (Å²) >= 11 is 0. The number of hydrogen-bond donors (Lipinski definition) is 1. The normalized spacial score (nSPS) is 14.2. The predicted octanol–water partition coefficient (Wildman–Crippen LogP) is 4.56. The largest absolute Gasteiger partial charge is 0.316 e. The van der Waals surface area contributed by atoms with Gasteiger partial charge in [0, 0.05) is 6.54 Å². The third kappa shape index (κ3) is 9.97. The summed E-state index contributed by atoms with van der Waals surface area (Å²) in [5.74, 6) is 0.884. The number of rotatable bonds is 4. The van der Waals surface area contributed by atoms with Gasteiger partial charge in [0.25, 0.3) is 0 Å². The second-order valence-electron chi connectivity index (χ2n) is 3.84. The Labute approximate surface area is 103 Å². The molecule has 1 aliphatic rings. The molecular weight excluding hydrogens is 194 g/mol. The molecule has 1 N–H and O–H groups in total. The lowest BCUT2D eigenvalue weighted by molar-refractivity contribution is 0.624. The fourth-order valence-electron chi connectivity index (χ4n) is 1.77. The molecule has 0 aromatic heterocycles. The van der Waals surface area contributed by atoms with Crippen molar-refractivity contribution in [2.24, 2.45) is 5.92 Å². The van der Waals surface area contributed by atoms with Gasteiger partial charge in [0.05, 0.1) is 0 Å². The standard InChI is InChI=1S/C9H16.C4H9N.C2H6/c1-3-8(2)9-6-4-5-7-9;1-3-4-5-2;1-2/h9H,2-7H2,1H3;3,5H,1,4H2,2H3;1-2H3. The zero-order valence-corrected chi connectivity index (χ0v) is 11.8. The van der Waals surface area contributed by atoms with Gasteiger partial charge in [-0.15, -0.1) is 6.58 Å². The minimum absolute atomic E-state index is 0.884. The first kappa shape index (κ1) is 17.8. The van der Waals surface area contributed by atoms with E-state index in [-0.39, 0.29) is 0 Å². The molecule has 0 spiro atoms. The average Bonchev–Trinajstić information content (AvgIpc) is 2.86. The summed E-state index contributed by atoms with van der Waals surface area (Å²) in [5.41, 5.74) is 1.48. The van der Waals surface area contributed by atoms with E-state index < -0.39 is 0 Å². The summed E-state index contributed by atoms with van der Waals surface area (Å²) in [5, 5.41) is 2.90. The van der Waals surface area contributed by atoms with Gasteiger partial charge in [0.1, 0.15) is 0 Å². The summed E-state index contributed by atoms with van der Waals surface area (Å²) < 4.78 is 0. The first-order chi connectivity index (χ1) is 7.76. The minimum atomic E-state index is 0.884. The van der Waals surface area contributed by atoms with Crippen molar-refractivity contribution >= 4 is 0 Å². The van der Waals surface area contributed by atoms with Gasteiger partial charge in [-0.1, -0.05) is 51.8 Å². The van der Waals surface area contributed by atoms with E-state index in [0.717, 1.165) is 12.5 Å². The predicted molar refractivity (Wildman–Crippen MR) is 76.9 cm³/mol. The zero-order valence-electron chi connectivity index (χ0n) is 11.8. The molecule has 0 bridgehead atoms. The summed E-state index contributed by atoms with van der Waals surface area (Å²) in [6.45, 7) is 14.7. The van der Waals surface area contributed by atoms with Crippen molar-refractivity contribution in [3.63, 3.8) is 0 Å². The highest BCUT2D eigenvalue weighted by molar-refractivity contribution is 5.01. The molecule has 1 heteroatoms. The second kappa shape index (κ2) is 14.4. The summed E-state index contributed by atoms with van der Waals surface area (Å²) in [7, 11) is 1.89. The highest BCUT2D eigenvalue weighted by Crippen LogP contribution is 2.31. The fraction of sp³-hybridized carbons (Fsp3) is 0.733. The molecule has 0 radical (unpaired) electrons. The van der Waals surface area contributed by atoms with Crippen molar-refractivity contribution in [3.05, 3.63) is 24.8 Å². The molecule has 0 aromatic rings. The maximum Gasteiger partial charge on any atom is 0.0129 e. The van der Waals surface area contributed by atoms with Gasteiger partial charge in [-0.05, 0) is 32.2 Å². The van der Waals surface area contributed by atoms with Crippen molar-refractivity contribution < 1.29 is 0 Å². The minimum Gasteiger partial charge on any atom is -0.316 e. The number of hydrogen-bond acceptors (Lipinski definition) is 1. The first-order valence-electron chi connectivity index (χ1n) is 6.69. The smallest absolute Gasteiger partial charge is 0.0129 e. The third-order valence-electron chi connectivity index (χ3n) is 2.74. The monoisotopic (exact) mass is 225 g/mol. The van der Waals surface area contributed by atoms with Crippen molar-refractivity contribution in [2.45, 2.75) is 52.9 Å². The van der Waals surface area contributed by atoms with Crippen molar-refractivity contribution in [1.29, 1.82) is 0 Å². The second-order valence-corrected chi connectivity index (χ2v) is 3.84. The van der Waals surface area contributed by atoms with Gasteiger partial charge in [-0.3, -0.25) is 0 Å². The zero-order chi connectivity index (χ0) is 12.8. The van der Waals surface area contributed by atoms with Crippen LogP contribution in [0.25, 0.3) is 0 Å². The highest BCUT2D eigenvalue weighted by Gasteiger charge is 2.15. The molecule has 0 aromatic carbocycles. The molecule has 96 valence electrons. The van der Waals surface area contributed by atoms with E-state index in [2.05, 4.69) is 25.4 Å². The molecule has 0 unspecified atom stereocenters. The summed E-state index contributed by atoms with van der Waals surface area (Å²) in [6.07, 6.45) is 8.69. The molecule has 0 amide bonds. The molecule has 1 nitrogen and oxygen atoms in total. The van der Waals surface area contributed by atoms with Crippen LogP contribution in [0.1, 0.15) is 52.9 Å². The Hall–Kier alpha value is -0.560. The van der Waals surface area contributed by atoms with Gasteiger partial charge >= 0.3 is 0 Å².